The molecule has 0 aliphatic heterocycles. The van der Waals surface area contributed by atoms with Crippen LogP contribution in [0.1, 0.15) is 23.0 Å². The molecular formula is C6H8N2S. The van der Waals surface area contributed by atoms with Gasteiger partial charge in [0, 0.05) is 10.9 Å². The van der Waals surface area contributed by atoms with E-state index >= 15 is 0 Å². The lowest BCUT2D eigenvalue weighted by Crippen LogP contribution is -2.02. The zero-order valence-electron chi connectivity index (χ0n) is 5.00. The van der Waals surface area contributed by atoms with E-state index in [0.717, 1.165) is 12.8 Å². The molecule has 1 aromatic heterocycles. The Morgan fingerprint density at radius 3 is 3.44 bits per heavy atom. The van der Waals surface area contributed by atoms with Crippen molar-refractivity contribution in [3.05, 3.63) is 16.1 Å². The van der Waals surface area contributed by atoms with Crippen LogP contribution in [0.4, 0.5) is 0 Å². The Bertz CT molecular complexity index is 219. The molecule has 0 bridgehead atoms. The first-order valence-electron chi connectivity index (χ1n) is 3.06. The summed E-state index contributed by atoms with van der Waals surface area (Å²) in [7, 11) is 0. The van der Waals surface area contributed by atoms with Gasteiger partial charge in [0.15, 0.2) is 0 Å². The average Bonchev–Trinajstić information content (AvgIpc) is 2.35. The number of nitrogens with two attached hydrogens (primary N) is 1. The van der Waals surface area contributed by atoms with Crippen LogP contribution in [-0.2, 0) is 6.42 Å². The third-order valence-electron chi connectivity index (χ3n) is 1.70. The standard InChI is InChI=1S/C6H8N2S/c7-4-1-2-5-6(4)9-3-8-5/h3-4H,1-2,7H2. The Labute approximate surface area is 57.7 Å². The van der Waals surface area contributed by atoms with E-state index in [1.54, 1.807) is 11.3 Å². The topological polar surface area (TPSA) is 38.9 Å². The molecule has 1 aliphatic rings. The molecular weight excluding hydrogens is 132 g/mol. The van der Waals surface area contributed by atoms with Gasteiger partial charge in [-0.05, 0) is 12.8 Å². The van der Waals surface area contributed by atoms with E-state index in [1.165, 1.54) is 10.6 Å². The van der Waals surface area contributed by atoms with E-state index in [1.807, 2.05) is 5.51 Å². The SMILES string of the molecule is NC1CCc2ncsc21. The molecule has 0 spiro atoms. The fourth-order valence-corrected chi connectivity index (χ4v) is 2.07. The summed E-state index contributed by atoms with van der Waals surface area (Å²) in [5.41, 5.74) is 8.87. The van der Waals surface area contributed by atoms with E-state index in [-0.39, 0.29) is 6.04 Å². The van der Waals surface area contributed by atoms with E-state index in [4.69, 9.17) is 5.73 Å². The van der Waals surface area contributed by atoms with Gasteiger partial charge in [-0.3, -0.25) is 0 Å². The number of rotatable bonds is 0. The van der Waals surface area contributed by atoms with Gasteiger partial charge < -0.3 is 5.73 Å². The second-order valence-corrected chi connectivity index (χ2v) is 3.19. The average molecular weight is 140 g/mol. The molecule has 0 fully saturated rings. The molecule has 9 heavy (non-hydrogen) atoms. The third-order valence-corrected chi connectivity index (χ3v) is 2.70. The molecule has 2 nitrogen and oxygen atoms in total. The molecule has 1 aromatic rings. The van der Waals surface area contributed by atoms with Crippen molar-refractivity contribution < 1.29 is 0 Å². The molecule has 0 amide bonds. The molecule has 3 heteroatoms. The van der Waals surface area contributed by atoms with Gasteiger partial charge in [0.25, 0.3) is 0 Å². The number of thiazole rings is 1. The Morgan fingerprint density at radius 2 is 2.67 bits per heavy atom. The van der Waals surface area contributed by atoms with Gasteiger partial charge in [0.05, 0.1) is 11.2 Å². The van der Waals surface area contributed by atoms with Crippen LogP contribution >= 0.6 is 11.3 Å². The zero-order chi connectivity index (χ0) is 6.27. The van der Waals surface area contributed by atoms with Gasteiger partial charge in [0.2, 0.25) is 0 Å². The van der Waals surface area contributed by atoms with Crippen LogP contribution in [0.15, 0.2) is 5.51 Å². The molecule has 0 saturated heterocycles. The highest BCUT2D eigenvalue weighted by molar-refractivity contribution is 7.09. The van der Waals surface area contributed by atoms with E-state index in [2.05, 4.69) is 4.98 Å². The lowest BCUT2D eigenvalue weighted by atomic mass is 10.3. The van der Waals surface area contributed by atoms with Crippen LogP contribution in [-0.4, -0.2) is 4.98 Å². The molecule has 1 heterocycles. The van der Waals surface area contributed by atoms with E-state index < -0.39 is 0 Å². The van der Waals surface area contributed by atoms with Crippen molar-refractivity contribution in [2.45, 2.75) is 18.9 Å². The monoisotopic (exact) mass is 140 g/mol. The smallest absolute Gasteiger partial charge is 0.0798 e. The number of hydrogen-bond acceptors (Lipinski definition) is 3. The second kappa shape index (κ2) is 1.78. The minimum Gasteiger partial charge on any atom is -0.323 e. The number of fused-ring (bicyclic) bond motifs is 1. The largest absolute Gasteiger partial charge is 0.323 e. The number of aryl methyl sites for hydroxylation is 1. The number of aromatic nitrogens is 1. The van der Waals surface area contributed by atoms with Crippen molar-refractivity contribution in [3.8, 4) is 0 Å². The quantitative estimate of drug-likeness (QED) is 0.586. The summed E-state index contributed by atoms with van der Waals surface area (Å²) in [6, 6.07) is 0.285. The minimum absolute atomic E-state index is 0.285. The predicted octanol–water partition coefficient (Wildman–Crippen LogP) is 1.09. The number of nitrogens with zero attached hydrogens (tertiary/aromatic N) is 1. The van der Waals surface area contributed by atoms with Crippen LogP contribution in [0.2, 0.25) is 0 Å². The fraction of sp³-hybridized carbons (Fsp3) is 0.500. The highest BCUT2D eigenvalue weighted by Gasteiger charge is 2.20. The summed E-state index contributed by atoms with van der Waals surface area (Å²) < 4.78 is 0. The van der Waals surface area contributed by atoms with Crippen molar-refractivity contribution in [1.82, 2.24) is 4.98 Å². The highest BCUT2D eigenvalue weighted by atomic mass is 32.1. The summed E-state index contributed by atoms with van der Waals surface area (Å²) in [4.78, 5) is 5.49. The maximum Gasteiger partial charge on any atom is 0.0798 e. The van der Waals surface area contributed by atoms with Gasteiger partial charge in [-0.25, -0.2) is 4.98 Å². The fourth-order valence-electron chi connectivity index (χ4n) is 1.19. The van der Waals surface area contributed by atoms with Gasteiger partial charge in [0.1, 0.15) is 0 Å². The Kier molecular flexibility index (Phi) is 1.07. The number of hydrogen-bond donors (Lipinski definition) is 1. The summed E-state index contributed by atoms with van der Waals surface area (Å²) in [5.74, 6) is 0. The van der Waals surface area contributed by atoms with Crippen molar-refractivity contribution in [2.24, 2.45) is 5.73 Å². The van der Waals surface area contributed by atoms with Gasteiger partial charge >= 0.3 is 0 Å². The lowest BCUT2D eigenvalue weighted by molar-refractivity contribution is 0.719. The van der Waals surface area contributed by atoms with E-state index in [0.29, 0.717) is 0 Å². The maximum atomic E-state index is 5.76. The van der Waals surface area contributed by atoms with Crippen molar-refractivity contribution in [3.63, 3.8) is 0 Å². The van der Waals surface area contributed by atoms with Gasteiger partial charge in [-0.15, -0.1) is 11.3 Å². The minimum atomic E-state index is 0.285. The summed E-state index contributed by atoms with van der Waals surface area (Å²) in [5, 5.41) is 0. The van der Waals surface area contributed by atoms with Crippen molar-refractivity contribution >= 4 is 11.3 Å². The molecule has 0 radical (unpaired) electrons. The van der Waals surface area contributed by atoms with Crippen LogP contribution in [0.25, 0.3) is 0 Å². The predicted molar refractivity (Wildman–Crippen MR) is 37.4 cm³/mol. The Hall–Kier alpha value is -0.410. The Balaban J connectivity index is 2.49. The van der Waals surface area contributed by atoms with Crippen molar-refractivity contribution in [2.75, 3.05) is 0 Å². The normalized spacial score (nSPS) is 24.3. The second-order valence-electron chi connectivity index (χ2n) is 2.31. The first kappa shape index (κ1) is 5.38. The molecule has 0 aromatic carbocycles. The first-order chi connectivity index (χ1) is 4.38. The van der Waals surface area contributed by atoms with Crippen molar-refractivity contribution in [1.29, 1.82) is 0 Å². The van der Waals surface area contributed by atoms with E-state index in [9.17, 15) is 0 Å². The van der Waals surface area contributed by atoms with Crippen LogP contribution in [0.3, 0.4) is 0 Å². The summed E-state index contributed by atoms with van der Waals surface area (Å²) in [6.45, 7) is 0. The van der Waals surface area contributed by atoms with Crippen LogP contribution in [0, 0.1) is 0 Å². The lowest BCUT2D eigenvalue weighted by Gasteiger charge is -1.95. The van der Waals surface area contributed by atoms with Crippen LogP contribution < -0.4 is 5.73 Å². The molecule has 1 unspecified atom stereocenters. The molecule has 0 saturated carbocycles. The first-order valence-corrected chi connectivity index (χ1v) is 3.94. The molecule has 1 aliphatic carbocycles. The molecule has 2 rings (SSSR count). The van der Waals surface area contributed by atoms with Crippen LogP contribution in [0.5, 0.6) is 0 Å². The molecule has 1 atom stereocenters. The molecule has 48 valence electrons. The zero-order valence-corrected chi connectivity index (χ0v) is 5.82. The van der Waals surface area contributed by atoms with Gasteiger partial charge in [-0.2, -0.15) is 0 Å². The summed E-state index contributed by atoms with van der Waals surface area (Å²) >= 11 is 1.68. The summed E-state index contributed by atoms with van der Waals surface area (Å²) in [6.07, 6.45) is 2.18. The highest BCUT2D eigenvalue weighted by Crippen LogP contribution is 2.30. The van der Waals surface area contributed by atoms with Gasteiger partial charge in [-0.1, -0.05) is 0 Å². The Morgan fingerprint density at radius 1 is 1.78 bits per heavy atom. The molecule has 2 N–H and O–H groups in total. The third kappa shape index (κ3) is 0.686. The maximum absolute atomic E-state index is 5.76.